The number of thiophene rings is 1. The molecule has 0 bridgehead atoms. The molecule has 1 aliphatic heterocycles. The Morgan fingerprint density at radius 1 is 1.15 bits per heavy atom. The average Bonchev–Trinajstić information content (AvgIpc) is 3.33. The molecule has 11 heteroatoms. The molecule has 5 rings (SSSR count). The topological polar surface area (TPSA) is 150 Å². The molecule has 0 fully saturated rings. The molecule has 3 aromatic carbocycles. The van der Waals surface area contributed by atoms with Gasteiger partial charge in [-0.15, -0.1) is 11.3 Å². The van der Waals surface area contributed by atoms with E-state index in [9.17, 15) is 24.6 Å². The molecule has 248 valence electrons. The number of Topliss-reactive ketones (excluding diaryl/α,β-unsaturated/α-hetero) is 1. The summed E-state index contributed by atoms with van der Waals surface area (Å²) in [6.45, 7) is 7.05. The molecule has 1 aromatic heterocycles. The minimum atomic E-state index is -1.23. The number of aliphatic hydroxyl groups is 2. The molecule has 2 heterocycles. The smallest absolute Gasteiger partial charge is 0.259 e. The third-order valence-corrected chi connectivity index (χ3v) is 11.1. The molecule has 3 atom stereocenters. The van der Waals surface area contributed by atoms with Crippen LogP contribution in [0.3, 0.4) is 0 Å². The first-order valence-corrected chi connectivity index (χ1v) is 17.4. The molecule has 0 saturated heterocycles. The second kappa shape index (κ2) is 14.3. The molecule has 1 aliphatic rings. The van der Waals surface area contributed by atoms with E-state index in [4.69, 9.17) is 11.5 Å². The van der Waals surface area contributed by atoms with Gasteiger partial charge in [-0.1, -0.05) is 50.2 Å². The van der Waals surface area contributed by atoms with Crippen LogP contribution in [0.15, 0.2) is 59.1 Å². The number of nitrogens with two attached hydrogens (primary N) is 2. The van der Waals surface area contributed by atoms with Gasteiger partial charge in [-0.2, -0.15) is 0 Å². The van der Waals surface area contributed by atoms with Gasteiger partial charge in [0.05, 0.1) is 40.6 Å². The van der Waals surface area contributed by atoms with Gasteiger partial charge in [-0.3, -0.25) is 24.2 Å². The summed E-state index contributed by atoms with van der Waals surface area (Å²) in [7, 11) is 0. The molecule has 47 heavy (non-hydrogen) atoms. The zero-order valence-corrected chi connectivity index (χ0v) is 29.4. The fraction of sp³-hybridized carbons (Fsp3) is 0.361. The molecule has 9 nitrogen and oxygen atoms in total. The second-order valence-corrected chi connectivity index (χ2v) is 14.1. The number of carbonyl (C=O) groups excluding carboxylic acids is 3. The van der Waals surface area contributed by atoms with Crippen molar-refractivity contribution in [3.05, 3.63) is 86.9 Å². The number of benzene rings is 3. The summed E-state index contributed by atoms with van der Waals surface area (Å²) in [6.07, 6.45) is -0.433. The maximum absolute atomic E-state index is 14.7. The monoisotopic (exact) mass is 720 g/mol. The van der Waals surface area contributed by atoms with Crippen LogP contribution in [0.4, 0.5) is 16.4 Å². The first kappa shape index (κ1) is 34.9. The van der Waals surface area contributed by atoms with E-state index < -0.39 is 36.5 Å². The minimum absolute atomic E-state index is 0.135. The zero-order valence-electron chi connectivity index (χ0n) is 27.0. The van der Waals surface area contributed by atoms with Crippen molar-refractivity contribution in [2.75, 3.05) is 23.0 Å². The summed E-state index contributed by atoms with van der Waals surface area (Å²) < 4.78 is 1.80. The highest BCUT2D eigenvalue weighted by atomic mass is 79.9. The Morgan fingerprint density at radius 2 is 1.83 bits per heavy atom. The van der Waals surface area contributed by atoms with Crippen molar-refractivity contribution in [1.29, 1.82) is 0 Å². The van der Waals surface area contributed by atoms with Gasteiger partial charge < -0.3 is 21.7 Å². The van der Waals surface area contributed by atoms with Gasteiger partial charge in [0.15, 0.2) is 5.78 Å². The summed E-state index contributed by atoms with van der Waals surface area (Å²) in [5.41, 5.74) is 15.7. The molecule has 0 radical (unpaired) electrons. The highest BCUT2D eigenvalue weighted by Crippen LogP contribution is 2.44. The van der Waals surface area contributed by atoms with Crippen LogP contribution >= 0.6 is 27.3 Å². The Hall–Kier alpha value is -3.45. The Kier molecular flexibility index (Phi) is 10.6. The van der Waals surface area contributed by atoms with Gasteiger partial charge in [0.1, 0.15) is 5.00 Å². The lowest BCUT2D eigenvalue weighted by molar-refractivity contribution is -0.119. The molecule has 0 aliphatic carbocycles. The molecular formula is C36H41BrN4O5S. The van der Waals surface area contributed by atoms with Crippen molar-refractivity contribution in [1.82, 2.24) is 0 Å². The first-order chi connectivity index (χ1) is 22.4. The van der Waals surface area contributed by atoms with E-state index >= 15 is 0 Å². The molecule has 4 aromatic rings. The normalized spacial score (nSPS) is 16.3. The Balaban J connectivity index is 1.84. The number of fused-ring (bicyclic) bond motifs is 2. The number of para-hydroxylation sites is 1. The number of aryl methyl sites for hydroxylation is 1. The lowest BCUT2D eigenvalue weighted by Crippen LogP contribution is -2.43. The van der Waals surface area contributed by atoms with Crippen LogP contribution in [-0.2, 0) is 17.6 Å². The van der Waals surface area contributed by atoms with Gasteiger partial charge >= 0.3 is 0 Å². The van der Waals surface area contributed by atoms with E-state index in [2.05, 4.69) is 15.9 Å². The van der Waals surface area contributed by atoms with Crippen LogP contribution in [0.5, 0.6) is 0 Å². The first-order valence-electron chi connectivity index (χ1n) is 15.8. The number of hydrogen-bond donors (Lipinski definition) is 4. The van der Waals surface area contributed by atoms with E-state index in [1.165, 1.54) is 16.2 Å². The van der Waals surface area contributed by atoms with Crippen LogP contribution in [0.2, 0.25) is 0 Å². The number of rotatable bonds is 10. The van der Waals surface area contributed by atoms with E-state index in [-0.39, 0.29) is 35.1 Å². The largest absolute Gasteiger partial charge is 0.394 e. The van der Waals surface area contributed by atoms with E-state index in [0.29, 0.717) is 36.2 Å². The molecule has 0 spiro atoms. The van der Waals surface area contributed by atoms with Crippen molar-refractivity contribution in [3.63, 3.8) is 0 Å². The Bertz CT molecular complexity index is 1840. The number of amides is 2. The number of ketones is 1. The second-order valence-electron chi connectivity index (χ2n) is 12.3. The number of carbonyl (C=O) groups is 3. The van der Waals surface area contributed by atoms with Gasteiger partial charge in [-0.05, 0) is 83.4 Å². The van der Waals surface area contributed by atoms with Gasteiger partial charge in [0.25, 0.3) is 5.91 Å². The van der Waals surface area contributed by atoms with E-state index in [0.717, 1.165) is 25.1 Å². The third kappa shape index (κ3) is 6.53. The maximum atomic E-state index is 14.7. The molecule has 2 unspecified atom stereocenters. The van der Waals surface area contributed by atoms with Crippen molar-refractivity contribution >= 4 is 71.3 Å². The fourth-order valence-corrected chi connectivity index (χ4v) is 8.23. The van der Waals surface area contributed by atoms with Crippen molar-refractivity contribution < 1.29 is 24.6 Å². The molecule has 2 amide bonds. The van der Waals surface area contributed by atoms with Gasteiger partial charge in [0.2, 0.25) is 5.91 Å². The highest BCUT2D eigenvalue weighted by molar-refractivity contribution is 9.10. The molecule has 0 saturated carbocycles. The van der Waals surface area contributed by atoms with Crippen molar-refractivity contribution in [2.24, 2.45) is 17.4 Å². The summed E-state index contributed by atoms with van der Waals surface area (Å²) >= 11 is 5.20. The van der Waals surface area contributed by atoms with E-state index in [1.807, 2.05) is 69.3 Å². The quantitative estimate of drug-likeness (QED) is 0.155. The summed E-state index contributed by atoms with van der Waals surface area (Å²) in [5.74, 6) is -1.43. The number of hydrogen-bond acceptors (Lipinski definition) is 8. The number of halogens is 1. The van der Waals surface area contributed by atoms with Crippen LogP contribution in [0, 0.1) is 12.8 Å². The predicted octanol–water partition coefficient (Wildman–Crippen LogP) is 5.64. The number of nitrogens with zero attached hydrogens (tertiary/aromatic N) is 2. The summed E-state index contributed by atoms with van der Waals surface area (Å²) in [4.78, 5) is 46.5. The predicted molar refractivity (Wildman–Crippen MR) is 192 cm³/mol. The number of aliphatic hydroxyl groups excluding tert-OH is 2. The minimum Gasteiger partial charge on any atom is -0.394 e. The van der Waals surface area contributed by atoms with Gasteiger partial charge in [0, 0.05) is 34.2 Å². The van der Waals surface area contributed by atoms with E-state index in [1.54, 1.807) is 17.9 Å². The highest BCUT2D eigenvalue weighted by Gasteiger charge is 2.38. The maximum Gasteiger partial charge on any atom is 0.259 e. The Morgan fingerprint density at radius 3 is 2.49 bits per heavy atom. The molecular weight excluding hydrogens is 680 g/mol. The van der Waals surface area contributed by atoms with Crippen LogP contribution < -0.4 is 21.3 Å². The van der Waals surface area contributed by atoms with Crippen LogP contribution in [0.1, 0.15) is 64.6 Å². The Labute approximate surface area is 287 Å². The summed E-state index contributed by atoms with van der Waals surface area (Å²) in [5, 5.41) is 22.3. The summed E-state index contributed by atoms with van der Waals surface area (Å²) in [6, 6.07) is 15.1. The van der Waals surface area contributed by atoms with Crippen LogP contribution in [0.25, 0.3) is 10.1 Å². The number of anilines is 3. The van der Waals surface area contributed by atoms with Crippen molar-refractivity contribution in [2.45, 2.75) is 65.1 Å². The molecule has 6 N–H and O–H groups in total. The van der Waals surface area contributed by atoms with Crippen molar-refractivity contribution in [3.8, 4) is 0 Å². The lowest BCUT2D eigenvalue weighted by atomic mass is 9.85. The fourth-order valence-electron chi connectivity index (χ4n) is 6.14. The zero-order chi connectivity index (χ0) is 34.2. The van der Waals surface area contributed by atoms with Gasteiger partial charge in [-0.25, -0.2) is 0 Å². The third-order valence-electron chi connectivity index (χ3n) is 8.84. The average molecular weight is 722 g/mol. The SMILES string of the molecule is CCN(C(=O)c1cc(C[C@H](O)CO)c(C(=O)C(N)C(C)C)c(N2C(=O)C(N)CCc3ccccc32)c1C)c1sc2ccccc2c1Br. The van der Waals surface area contributed by atoms with Crippen LogP contribution in [-0.4, -0.2) is 59.1 Å². The standard InChI is InChI=1S/C36H41BrN4O5S/c1-5-40(36-30(37)24-11-7-9-13-28(24)47-36)34(45)25-17-22(16-23(43)18-42)29(33(44)31(39)19(2)3)32(20(25)4)41-27-12-8-6-10-21(27)14-15-26(38)35(41)46/h6-13,17,19,23,26,31,42-43H,5,14-16,18,38-39H2,1-4H3/t23-,26?,31?/m0/s1. The lowest BCUT2D eigenvalue weighted by Gasteiger charge is -2.32.